The van der Waals surface area contributed by atoms with Crippen LogP contribution < -0.4 is 5.73 Å². The average Bonchev–Trinajstić information content (AvgIpc) is 2.13. The first-order valence-corrected chi connectivity index (χ1v) is 6.87. The van der Waals surface area contributed by atoms with E-state index in [9.17, 15) is 9.59 Å². The van der Waals surface area contributed by atoms with Gasteiger partial charge in [0.15, 0.2) is 0 Å². The summed E-state index contributed by atoms with van der Waals surface area (Å²) in [4.78, 5) is 22.5. The number of rotatable bonds is 2. The topological polar surface area (TPSA) is 60.2 Å². The van der Waals surface area contributed by atoms with Gasteiger partial charge in [0.2, 0.25) is 0 Å². The molecule has 0 aliphatic carbocycles. The number of anilines is 1. The molecule has 3 nitrogen and oxygen atoms in total. The molecule has 0 spiro atoms. The average molecular weight is 484 g/mol. The number of halogens is 4. The van der Waals surface area contributed by atoms with Crippen LogP contribution in [0.2, 0.25) is 0 Å². The second kappa shape index (κ2) is 5.36. The molecular weight excluding hydrogens is 479 g/mol. The summed E-state index contributed by atoms with van der Waals surface area (Å²) in [5, 5.41) is -1.30. The van der Waals surface area contributed by atoms with Crippen molar-refractivity contribution >= 4 is 84.6 Å². The van der Waals surface area contributed by atoms with Crippen molar-refractivity contribution in [2.45, 2.75) is 6.92 Å². The molecule has 0 radical (unpaired) electrons. The van der Waals surface area contributed by atoms with Gasteiger partial charge in [-0.15, -0.1) is 0 Å². The van der Waals surface area contributed by atoms with Crippen LogP contribution in [0.1, 0.15) is 26.3 Å². The van der Waals surface area contributed by atoms with Crippen LogP contribution in [0.15, 0.2) is 0 Å². The van der Waals surface area contributed by atoms with E-state index in [2.05, 4.69) is 0 Å². The summed E-state index contributed by atoms with van der Waals surface area (Å²) < 4.78 is 1.09. The summed E-state index contributed by atoms with van der Waals surface area (Å²) in [6, 6.07) is 0. The number of benzene rings is 1. The van der Waals surface area contributed by atoms with Crippen molar-refractivity contribution in [3.8, 4) is 0 Å². The minimum absolute atomic E-state index is 0.240. The van der Waals surface area contributed by atoms with Crippen molar-refractivity contribution in [3.63, 3.8) is 0 Å². The summed E-state index contributed by atoms with van der Waals surface area (Å²) in [5.74, 6) is 0. The van der Waals surface area contributed by atoms with E-state index in [-0.39, 0.29) is 11.1 Å². The number of nitrogen functional groups attached to an aromatic ring is 1. The van der Waals surface area contributed by atoms with Crippen LogP contribution in [0.3, 0.4) is 0 Å². The summed E-state index contributed by atoms with van der Waals surface area (Å²) in [5.41, 5.74) is 7.08. The van der Waals surface area contributed by atoms with E-state index in [4.69, 9.17) is 28.9 Å². The zero-order valence-corrected chi connectivity index (χ0v) is 13.7. The van der Waals surface area contributed by atoms with E-state index in [1.165, 1.54) is 0 Å². The molecule has 0 heterocycles. The zero-order chi connectivity index (χ0) is 12.6. The van der Waals surface area contributed by atoms with Gasteiger partial charge in [-0.2, -0.15) is 0 Å². The molecule has 0 saturated carbocycles. The molecule has 0 aliphatic heterocycles. The van der Waals surface area contributed by atoms with Crippen LogP contribution in [-0.4, -0.2) is 10.5 Å². The molecule has 1 rings (SSSR count). The molecule has 0 saturated heterocycles. The number of nitrogens with two attached hydrogens (primary N) is 1. The van der Waals surface area contributed by atoms with Crippen molar-refractivity contribution < 1.29 is 9.59 Å². The summed E-state index contributed by atoms with van der Waals surface area (Å²) in [7, 11) is 0. The van der Waals surface area contributed by atoms with Gasteiger partial charge in [-0.1, -0.05) is 0 Å². The second-order valence-electron chi connectivity index (χ2n) is 2.96. The number of carbonyl (C=O) groups is 2. The fraction of sp³-hybridized carbons (Fsp3) is 0.111. The monoisotopic (exact) mass is 483 g/mol. The van der Waals surface area contributed by atoms with Crippen LogP contribution in [0.5, 0.6) is 0 Å². The van der Waals surface area contributed by atoms with E-state index < -0.39 is 10.5 Å². The van der Waals surface area contributed by atoms with Gasteiger partial charge in [-0.3, -0.25) is 9.59 Å². The highest BCUT2D eigenvalue weighted by molar-refractivity contribution is 14.1. The number of hydrogen-bond donors (Lipinski definition) is 1. The molecule has 2 N–H and O–H groups in total. The molecule has 16 heavy (non-hydrogen) atoms. The van der Waals surface area contributed by atoms with Gasteiger partial charge in [0.1, 0.15) is 0 Å². The van der Waals surface area contributed by atoms with Gasteiger partial charge in [-0.25, -0.2) is 0 Å². The Morgan fingerprint density at radius 1 is 1.06 bits per heavy atom. The molecule has 0 aromatic heterocycles. The lowest BCUT2D eigenvalue weighted by Gasteiger charge is -2.13. The largest absolute Gasteiger partial charge is 0.397 e. The van der Waals surface area contributed by atoms with E-state index in [1.54, 1.807) is 6.92 Å². The third-order valence-corrected chi connectivity index (χ3v) is 4.67. The van der Waals surface area contributed by atoms with E-state index in [0.717, 1.165) is 0 Å². The van der Waals surface area contributed by atoms with Crippen LogP contribution in [0.4, 0.5) is 5.69 Å². The predicted octanol–water partition coefficient (Wildman–Crippen LogP) is 3.54. The van der Waals surface area contributed by atoms with E-state index in [1.807, 2.05) is 45.2 Å². The Labute approximate surface area is 129 Å². The molecule has 86 valence electrons. The van der Waals surface area contributed by atoms with Crippen LogP contribution in [0.25, 0.3) is 0 Å². The number of carbonyl (C=O) groups excluding carboxylic acids is 2. The summed E-state index contributed by atoms with van der Waals surface area (Å²) in [6.07, 6.45) is 0. The van der Waals surface area contributed by atoms with Gasteiger partial charge in [0, 0.05) is 7.14 Å². The molecular formula is C9H5Cl2I2NO2. The Balaban J connectivity index is 3.80. The lowest BCUT2D eigenvalue weighted by atomic mass is 10.0. The maximum atomic E-state index is 11.3. The summed E-state index contributed by atoms with van der Waals surface area (Å²) >= 11 is 14.8. The van der Waals surface area contributed by atoms with Gasteiger partial charge >= 0.3 is 0 Å². The van der Waals surface area contributed by atoms with Gasteiger partial charge < -0.3 is 5.73 Å². The first-order valence-electron chi connectivity index (χ1n) is 3.95. The highest BCUT2D eigenvalue weighted by Gasteiger charge is 2.23. The van der Waals surface area contributed by atoms with Gasteiger partial charge in [0.25, 0.3) is 10.5 Å². The minimum Gasteiger partial charge on any atom is -0.397 e. The zero-order valence-electron chi connectivity index (χ0n) is 7.91. The Hall–Kier alpha value is 0.400. The minimum atomic E-state index is -0.649. The third-order valence-electron chi connectivity index (χ3n) is 2.06. The SMILES string of the molecule is Cc1c(C(=O)Cl)c(I)c(N)c(I)c1C(=O)Cl. The molecule has 0 bridgehead atoms. The normalized spacial score (nSPS) is 10.3. The molecule has 1 aromatic carbocycles. The highest BCUT2D eigenvalue weighted by atomic mass is 127. The van der Waals surface area contributed by atoms with Crippen LogP contribution in [0, 0.1) is 14.1 Å². The first-order chi connectivity index (χ1) is 7.29. The molecule has 0 amide bonds. The Bertz CT molecular complexity index is 462. The Morgan fingerprint density at radius 2 is 1.38 bits per heavy atom. The standard InChI is InChI=1S/C9H5Cl2I2NO2/c1-2-3(8(10)15)5(12)7(14)6(13)4(2)9(11)16/h14H2,1H3. The fourth-order valence-electron chi connectivity index (χ4n) is 1.29. The van der Waals surface area contributed by atoms with Crippen molar-refractivity contribution in [1.82, 2.24) is 0 Å². The maximum Gasteiger partial charge on any atom is 0.253 e. The molecule has 7 heteroatoms. The van der Waals surface area contributed by atoms with E-state index in [0.29, 0.717) is 18.4 Å². The highest BCUT2D eigenvalue weighted by Crippen LogP contribution is 2.33. The van der Waals surface area contributed by atoms with Crippen molar-refractivity contribution in [2.75, 3.05) is 5.73 Å². The van der Waals surface area contributed by atoms with Gasteiger partial charge in [-0.05, 0) is 80.9 Å². The summed E-state index contributed by atoms with van der Waals surface area (Å²) in [6.45, 7) is 1.62. The molecule has 1 aromatic rings. The molecule has 0 fully saturated rings. The predicted molar refractivity (Wildman–Crippen MR) is 81.4 cm³/mol. The Kier molecular flexibility index (Phi) is 4.85. The molecule has 0 aliphatic rings. The van der Waals surface area contributed by atoms with Crippen molar-refractivity contribution in [3.05, 3.63) is 23.8 Å². The first kappa shape index (κ1) is 14.5. The third kappa shape index (κ3) is 2.46. The maximum absolute atomic E-state index is 11.3. The van der Waals surface area contributed by atoms with E-state index >= 15 is 0 Å². The lowest BCUT2D eigenvalue weighted by molar-refractivity contribution is 0.107. The molecule has 0 atom stereocenters. The number of hydrogen-bond acceptors (Lipinski definition) is 3. The second-order valence-corrected chi connectivity index (χ2v) is 5.81. The van der Waals surface area contributed by atoms with Crippen molar-refractivity contribution in [2.24, 2.45) is 0 Å². The van der Waals surface area contributed by atoms with Crippen LogP contribution in [-0.2, 0) is 0 Å². The Morgan fingerprint density at radius 3 is 1.62 bits per heavy atom. The lowest BCUT2D eigenvalue weighted by Crippen LogP contribution is -2.11. The quantitative estimate of drug-likeness (QED) is 0.398. The smallest absolute Gasteiger partial charge is 0.253 e. The van der Waals surface area contributed by atoms with Crippen LogP contribution >= 0.6 is 68.4 Å². The van der Waals surface area contributed by atoms with Crippen molar-refractivity contribution in [1.29, 1.82) is 0 Å². The van der Waals surface area contributed by atoms with Gasteiger partial charge in [0.05, 0.1) is 16.8 Å². The molecule has 0 unspecified atom stereocenters. The fourth-order valence-corrected chi connectivity index (χ4v) is 4.43.